The Kier molecular flexibility index (Phi) is 4.61. The molecule has 21 heavy (non-hydrogen) atoms. The van der Waals surface area contributed by atoms with Crippen molar-refractivity contribution in [2.45, 2.75) is 19.4 Å². The SMILES string of the molecule is CC1(C)CN(C(=O)c2ccc(C#CCO)c(F)c2)CCO1. The lowest BCUT2D eigenvalue weighted by atomic mass is 10.1. The van der Waals surface area contributed by atoms with Crippen molar-refractivity contribution in [2.24, 2.45) is 0 Å². The highest BCUT2D eigenvalue weighted by Crippen LogP contribution is 2.19. The molecule has 5 heteroatoms. The Bertz CT molecular complexity index is 601. The number of hydrogen-bond acceptors (Lipinski definition) is 3. The van der Waals surface area contributed by atoms with Gasteiger partial charge in [0.2, 0.25) is 0 Å². The summed E-state index contributed by atoms with van der Waals surface area (Å²) in [6.07, 6.45) is 0. The van der Waals surface area contributed by atoms with Crippen LogP contribution < -0.4 is 0 Å². The van der Waals surface area contributed by atoms with E-state index in [-0.39, 0.29) is 23.7 Å². The van der Waals surface area contributed by atoms with Crippen LogP contribution in [0.3, 0.4) is 0 Å². The van der Waals surface area contributed by atoms with Crippen LogP contribution in [0.1, 0.15) is 29.8 Å². The quantitative estimate of drug-likeness (QED) is 0.796. The molecule has 0 aliphatic carbocycles. The van der Waals surface area contributed by atoms with Crippen LogP contribution in [0.25, 0.3) is 0 Å². The van der Waals surface area contributed by atoms with E-state index in [4.69, 9.17) is 9.84 Å². The highest BCUT2D eigenvalue weighted by atomic mass is 19.1. The normalized spacial score (nSPS) is 17.0. The van der Waals surface area contributed by atoms with E-state index < -0.39 is 5.82 Å². The lowest BCUT2D eigenvalue weighted by molar-refractivity contribution is -0.0764. The van der Waals surface area contributed by atoms with E-state index in [9.17, 15) is 9.18 Å². The monoisotopic (exact) mass is 291 g/mol. The molecular weight excluding hydrogens is 273 g/mol. The van der Waals surface area contributed by atoms with Crippen molar-refractivity contribution in [1.29, 1.82) is 0 Å². The van der Waals surface area contributed by atoms with Crippen LogP contribution in [0.5, 0.6) is 0 Å². The number of amides is 1. The molecule has 112 valence electrons. The van der Waals surface area contributed by atoms with Crippen LogP contribution in [0.2, 0.25) is 0 Å². The van der Waals surface area contributed by atoms with Crippen molar-refractivity contribution in [3.05, 3.63) is 35.1 Å². The molecule has 0 unspecified atom stereocenters. The van der Waals surface area contributed by atoms with Crippen molar-refractivity contribution < 1.29 is 19.0 Å². The predicted molar refractivity (Wildman–Crippen MR) is 76.3 cm³/mol. The molecule has 1 aliphatic heterocycles. The van der Waals surface area contributed by atoms with Gasteiger partial charge in [0.25, 0.3) is 5.91 Å². The number of halogens is 1. The fraction of sp³-hybridized carbons (Fsp3) is 0.438. The molecule has 1 heterocycles. The third-order valence-electron chi connectivity index (χ3n) is 3.23. The third kappa shape index (κ3) is 3.81. The Morgan fingerprint density at radius 2 is 2.29 bits per heavy atom. The van der Waals surface area contributed by atoms with Crippen LogP contribution in [0.4, 0.5) is 4.39 Å². The predicted octanol–water partition coefficient (Wildman–Crippen LogP) is 1.42. The summed E-state index contributed by atoms with van der Waals surface area (Å²) >= 11 is 0. The second-order valence-corrected chi connectivity index (χ2v) is 5.49. The Labute approximate surface area is 123 Å². The maximum absolute atomic E-state index is 13.9. The zero-order chi connectivity index (χ0) is 15.5. The lowest BCUT2D eigenvalue weighted by Crippen LogP contribution is -2.50. The number of ether oxygens (including phenoxy) is 1. The first kappa shape index (κ1) is 15.5. The summed E-state index contributed by atoms with van der Waals surface area (Å²) in [4.78, 5) is 14.1. The maximum atomic E-state index is 13.9. The zero-order valence-corrected chi connectivity index (χ0v) is 12.1. The first-order valence-electron chi connectivity index (χ1n) is 6.75. The van der Waals surface area contributed by atoms with Gasteiger partial charge >= 0.3 is 0 Å². The Hall–Kier alpha value is -1.90. The number of carbonyl (C=O) groups is 1. The third-order valence-corrected chi connectivity index (χ3v) is 3.23. The number of nitrogens with zero attached hydrogens (tertiary/aromatic N) is 1. The summed E-state index contributed by atoms with van der Waals surface area (Å²) in [5, 5.41) is 8.61. The van der Waals surface area contributed by atoms with E-state index in [1.807, 2.05) is 13.8 Å². The van der Waals surface area contributed by atoms with Gasteiger partial charge in [-0.2, -0.15) is 0 Å². The molecule has 1 aromatic rings. The maximum Gasteiger partial charge on any atom is 0.254 e. The molecule has 1 fully saturated rings. The standard InChI is InChI=1S/C16H18FNO3/c1-16(2)11-18(7-9-21-16)15(20)13-6-5-12(4-3-8-19)14(17)10-13/h5-6,10,19H,7-9,11H2,1-2H3. The Morgan fingerprint density at radius 1 is 1.52 bits per heavy atom. The average molecular weight is 291 g/mol. The van der Waals surface area contributed by atoms with Crippen LogP contribution in [0, 0.1) is 17.7 Å². The highest BCUT2D eigenvalue weighted by Gasteiger charge is 2.30. The molecule has 0 aromatic heterocycles. The number of benzene rings is 1. The Morgan fingerprint density at radius 3 is 2.90 bits per heavy atom. The summed E-state index contributed by atoms with van der Waals surface area (Å²) in [5.41, 5.74) is 0.0709. The van der Waals surface area contributed by atoms with Crippen molar-refractivity contribution in [2.75, 3.05) is 26.3 Å². The number of hydrogen-bond donors (Lipinski definition) is 1. The van der Waals surface area contributed by atoms with Gasteiger partial charge in [-0.15, -0.1) is 0 Å². The first-order valence-corrected chi connectivity index (χ1v) is 6.75. The molecule has 0 saturated carbocycles. The van der Waals surface area contributed by atoms with Crippen molar-refractivity contribution in [1.82, 2.24) is 4.90 Å². The summed E-state index contributed by atoms with van der Waals surface area (Å²) in [7, 11) is 0. The molecular formula is C16H18FNO3. The molecule has 4 nitrogen and oxygen atoms in total. The van der Waals surface area contributed by atoms with Gasteiger partial charge in [0.15, 0.2) is 0 Å². The van der Waals surface area contributed by atoms with Gasteiger partial charge in [-0.1, -0.05) is 11.8 Å². The summed E-state index contributed by atoms with van der Waals surface area (Å²) in [6, 6.07) is 4.19. The van der Waals surface area contributed by atoms with E-state index in [0.717, 1.165) is 0 Å². The minimum absolute atomic E-state index is 0.169. The molecule has 0 atom stereocenters. The summed E-state index contributed by atoms with van der Waals surface area (Å²) in [6.45, 7) is 4.95. The van der Waals surface area contributed by atoms with Gasteiger partial charge in [-0.3, -0.25) is 4.79 Å². The Balaban J connectivity index is 2.18. The zero-order valence-electron chi connectivity index (χ0n) is 12.1. The molecule has 2 rings (SSSR count). The molecule has 1 N–H and O–H groups in total. The highest BCUT2D eigenvalue weighted by molar-refractivity contribution is 5.94. The van der Waals surface area contributed by atoms with E-state index in [2.05, 4.69) is 11.8 Å². The van der Waals surface area contributed by atoms with Gasteiger partial charge in [-0.25, -0.2) is 4.39 Å². The second kappa shape index (κ2) is 6.25. The fourth-order valence-corrected chi connectivity index (χ4v) is 2.26. The second-order valence-electron chi connectivity index (χ2n) is 5.49. The topological polar surface area (TPSA) is 49.8 Å². The fourth-order valence-electron chi connectivity index (χ4n) is 2.26. The minimum Gasteiger partial charge on any atom is -0.384 e. The number of carbonyl (C=O) groups excluding carboxylic acids is 1. The molecule has 1 aliphatic rings. The smallest absolute Gasteiger partial charge is 0.254 e. The van der Waals surface area contributed by atoms with E-state index >= 15 is 0 Å². The molecule has 1 saturated heterocycles. The summed E-state index contributed by atoms with van der Waals surface area (Å²) < 4.78 is 19.4. The van der Waals surface area contributed by atoms with E-state index in [1.165, 1.54) is 12.1 Å². The van der Waals surface area contributed by atoms with Gasteiger partial charge in [0, 0.05) is 18.7 Å². The first-order chi connectivity index (χ1) is 9.93. The number of morpholine rings is 1. The van der Waals surface area contributed by atoms with Gasteiger partial charge in [0.05, 0.1) is 17.8 Å². The molecule has 0 bridgehead atoms. The molecule has 1 aromatic carbocycles. The van der Waals surface area contributed by atoms with Crippen molar-refractivity contribution in [3.63, 3.8) is 0 Å². The number of aliphatic hydroxyl groups is 1. The van der Waals surface area contributed by atoms with Gasteiger partial charge in [-0.05, 0) is 32.0 Å². The number of rotatable bonds is 1. The summed E-state index contributed by atoms with van der Waals surface area (Å²) in [5.74, 6) is 4.11. The van der Waals surface area contributed by atoms with Crippen LogP contribution >= 0.6 is 0 Å². The van der Waals surface area contributed by atoms with Crippen LogP contribution in [-0.4, -0.2) is 47.8 Å². The molecule has 0 spiro atoms. The van der Waals surface area contributed by atoms with E-state index in [0.29, 0.717) is 25.3 Å². The van der Waals surface area contributed by atoms with Crippen LogP contribution in [0.15, 0.2) is 18.2 Å². The largest absolute Gasteiger partial charge is 0.384 e. The van der Waals surface area contributed by atoms with E-state index in [1.54, 1.807) is 11.0 Å². The lowest BCUT2D eigenvalue weighted by Gasteiger charge is -2.38. The van der Waals surface area contributed by atoms with Crippen molar-refractivity contribution in [3.8, 4) is 11.8 Å². The molecule has 1 amide bonds. The minimum atomic E-state index is -0.561. The van der Waals surface area contributed by atoms with Crippen molar-refractivity contribution >= 4 is 5.91 Å². The van der Waals surface area contributed by atoms with Gasteiger partial charge in [0.1, 0.15) is 12.4 Å². The number of aliphatic hydroxyl groups excluding tert-OH is 1. The van der Waals surface area contributed by atoms with Crippen LogP contribution in [-0.2, 0) is 4.74 Å². The average Bonchev–Trinajstić information content (AvgIpc) is 2.44. The molecule has 0 radical (unpaired) electrons. The van der Waals surface area contributed by atoms with Gasteiger partial charge < -0.3 is 14.7 Å².